The molecule has 2 saturated heterocycles. The lowest BCUT2D eigenvalue weighted by Gasteiger charge is -2.37. The van der Waals surface area contributed by atoms with E-state index in [0.717, 1.165) is 39.0 Å². The maximum Gasteiger partial charge on any atom is 0.252 e. The van der Waals surface area contributed by atoms with Crippen LogP contribution in [0.3, 0.4) is 0 Å². The molecule has 2 fully saturated rings. The monoisotopic (exact) mass is 344 g/mol. The van der Waals surface area contributed by atoms with E-state index in [9.17, 15) is 8.42 Å². The SMILES string of the molecule is CN1CCC(N(C[C@H]2CCOC2)S(=O)(=O)c2cccs2)CC1. The predicted molar refractivity (Wildman–Crippen MR) is 87.7 cm³/mol. The molecule has 2 aliphatic heterocycles. The van der Waals surface area contributed by atoms with Gasteiger partial charge in [-0.3, -0.25) is 0 Å². The molecule has 0 N–H and O–H groups in total. The molecule has 0 spiro atoms. The minimum Gasteiger partial charge on any atom is -0.381 e. The van der Waals surface area contributed by atoms with Crippen LogP contribution in [0, 0.1) is 5.92 Å². The molecule has 7 heteroatoms. The fourth-order valence-corrected chi connectivity index (χ4v) is 6.11. The molecule has 1 aromatic heterocycles. The normalized spacial score (nSPS) is 25.1. The van der Waals surface area contributed by atoms with Crippen molar-refractivity contribution in [3.63, 3.8) is 0 Å². The second-order valence-corrected chi connectivity index (χ2v) is 9.34. The molecular weight excluding hydrogens is 320 g/mol. The summed E-state index contributed by atoms with van der Waals surface area (Å²) >= 11 is 1.31. The highest BCUT2D eigenvalue weighted by molar-refractivity contribution is 7.91. The van der Waals surface area contributed by atoms with Crippen LogP contribution in [0.15, 0.2) is 21.7 Å². The Bertz CT molecular complexity index is 560. The van der Waals surface area contributed by atoms with Crippen LogP contribution < -0.4 is 0 Å². The van der Waals surface area contributed by atoms with Gasteiger partial charge in [-0.15, -0.1) is 11.3 Å². The standard InChI is InChI=1S/C15H24N2O3S2/c1-16-7-4-14(5-8-16)17(11-13-6-9-20-12-13)22(18,19)15-3-2-10-21-15/h2-3,10,13-14H,4-9,11-12H2,1H3/t13-/m1/s1. The van der Waals surface area contributed by atoms with E-state index in [-0.39, 0.29) is 6.04 Å². The highest BCUT2D eigenvalue weighted by Gasteiger charge is 2.36. The molecule has 3 rings (SSSR count). The van der Waals surface area contributed by atoms with Crippen molar-refractivity contribution in [2.75, 3.05) is 39.9 Å². The zero-order valence-corrected chi connectivity index (χ0v) is 14.6. The van der Waals surface area contributed by atoms with Crippen molar-refractivity contribution >= 4 is 21.4 Å². The summed E-state index contributed by atoms with van der Waals surface area (Å²) in [6.07, 6.45) is 2.78. The molecule has 1 aromatic rings. The first-order valence-electron chi connectivity index (χ1n) is 7.89. The third kappa shape index (κ3) is 3.54. The summed E-state index contributed by atoms with van der Waals surface area (Å²) in [7, 11) is -1.29. The minimum atomic E-state index is -3.38. The number of hydrogen-bond acceptors (Lipinski definition) is 5. The second-order valence-electron chi connectivity index (χ2n) is 6.27. The fourth-order valence-electron chi connectivity index (χ4n) is 3.23. The average Bonchev–Trinajstić information content (AvgIpc) is 3.19. The van der Waals surface area contributed by atoms with Gasteiger partial charge in [-0.25, -0.2) is 8.42 Å². The highest BCUT2D eigenvalue weighted by atomic mass is 32.2. The van der Waals surface area contributed by atoms with E-state index in [1.807, 2.05) is 11.4 Å². The van der Waals surface area contributed by atoms with E-state index >= 15 is 0 Å². The molecule has 0 aromatic carbocycles. The van der Waals surface area contributed by atoms with Gasteiger partial charge < -0.3 is 9.64 Å². The van der Waals surface area contributed by atoms with E-state index in [1.165, 1.54) is 11.3 Å². The van der Waals surface area contributed by atoms with E-state index in [0.29, 0.717) is 23.3 Å². The van der Waals surface area contributed by atoms with Crippen molar-refractivity contribution < 1.29 is 13.2 Å². The van der Waals surface area contributed by atoms with E-state index in [4.69, 9.17) is 4.74 Å². The summed E-state index contributed by atoms with van der Waals surface area (Å²) in [4.78, 5) is 2.27. The van der Waals surface area contributed by atoms with Crippen LogP contribution in [0.1, 0.15) is 19.3 Å². The summed E-state index contributed by atoms with van der Waals surface area (Å²) in [5.41, 5.74) is 0. The summed E-state index contributed by atoms with van der Waals surface area (Å²) in [5, 5.41) is 1.83. The topological polar surface area (TPSA) is 49.9 Å². The zero-order valence-electron chi connectivity index (χ0n) is 13.0. The molecular formula is C15H24N2O3S2. The summed E-state index contributed by atoms with van der Waals surface area (Å²) < 4.78 is 33.8. The summed E-state index contributed by atoms with van der Waals surface area (Å²) in [6.45, 7) is 3.95. The zero-order chi connectivity index (χ0) is 15.6. The number of ether oxygens (including phenoxy) is 1. The number of piperidine rings is 1. The fraction of sp³-hybridized carbons (Fsp3) is 0.733. The first kappa shape index (κ1) is 16.4. The first-order chi connectivity index (χ1) is 10.6. The smallest absolute Gasteiger partial charge is 0.252 e. The number of rotatable bonds is 5. The molecule has 0 unspecified atom stereocenters. The van der Waals surface area contributed by atoms with Gasteiger partial charge in [0.25, 0.3) is 10.0 Å². The molecule has 22 heavy (non-hydrogen) atoms. The van der Waals surface area contributed by atoms with Crippen LogP contribution in [-0.2, 0) is 14.8 Å². The lowest BCUT2D eigenvalue weighted by Crippen LogP contribution is -2.48. The Kier molecular flexibility index (Phi) is 5.19. The van der Waals surface area contributed by atoms with E-state index in [2.05, 4.69) is 11.9 Å². The molecule has 124 valence electrons. The van der Waals surface area contributed by atoms with Gasteiger partial charge in [-0.2, -0.15) is 4.31 Å². The molecule has 0 aliphatic carbocycles. The number of thiophene rings is 1. The molecule has 3 heterocycles. The van der Waals surface area contributed by atoms with Gasteiger partial charge in [0, 0.05) is 19.2 Å². The van der Waals surface area contributed by atoms with Gasteiger partial charge in [0.05, 0.1) is 6.61 Å². The van der Waals surface area contributed by atoms with Crippen molar-refractivity contribution in [2.24, 2.45) is 5.92 Å². The maximum atomic E-state index is 13.0. The van der Waals surface area contributed by atoms with Gasteiger partial charge in [-0.1, -0.05) is 6.07 Å². The summed E-state index contributed by atoms with van der Waals surface area (Å²) in [5.74, 6) is 0.328. The van der Waals surface area contributed by atoms with Crippen LogP contribution >= 0.6 is 11.3 Å². The van der Waals surface area contributed by atoms with Crippen molar-refractivity contribution in [3.8, 4) is 0 Å². The van der Waals surface area contributed by atoms with Gasteiger partial charge in [0.15, 0.2) is 0 Å². The molecule has 5 nitrogen and oxygen atoms in total. The Hall–Kier alpha value is -0.470. The average molecular weight is 345 g/mol. The molecule has 0 bridgehead atoms. The third-order valence-corrected chi connectivity index (χ3v) is 7.91. The lowest BCUT2D eigenvalue weighted by molar-refractivity contribution is 0.154. The molecule has 0 radical (unpaired) electrons. The number of nitrogens with zero attached hydrogens (tertiary/aromatic N) is 2. The Morgan fingerprint density at radius 1 is 1.36 bits per heavy atom. The van der Waals surface area contributed by atoms with Gasteiger partial charge in [0.2, 0.25) is 0 Å². The number of likely N-dealkylation sites (tertiary alicyclic amines) is 1. The van der Waals surface area contributed by atoms with Crippen LogP contribution in [0.4, 0.5) is 0 Å². The van der Waals surface area contributed by atoms with Crippen LogP contribution in [0.5, 0.6) is 0 Å². The predicted octanol–water partition coefficient (Wildman–Crippen LogP) is 1.87. The Morgan fingerprint density at radius 2 is 2.14 bits per heavy atom. The van der Waals surface area contributed by atoms with Crippen molar-refractivity contribution in [3.05, 3.63) is 17.5 Å². The summed E-state index contributed by atoms with van der Waals surface area (Å²) in [6, 6.07) is 3.64. The van der Waals surface area contributed by atoms with Gasteiger partial charge in [0.1, 0.15) is 4.21 Å². The quantitative estimate of drug-likeness (QED) is 0.818. The van der Waals surface area contributed by atoms with Crippen LogP contribution in [-0.4, -0.2) is 63.6 Å². The Labute approximate surface area is 136 Å². The van der Waals surface area contributed by atoms with E-state index < -0.39 is 10.0 Å². The van der Waals surface area contributed by atoms with Crippen molar-refractivity contribution in [2.45, 2.75) is 29.5 Å². The van der Waals surface area contributed by atoms with E-state index in [1.54, 1.807) is 10.4 Å². The number of sulfonamides is 1. The van der Waals surface area contributed by atoms with Crippen molar-refractivity contribution in [1.82, 2.24) is 9.21 Å². The Morgan fingerprint density at radius 3 is 2.73 bits per heavy atom. The first-order valence-corrected chi connectivity index (χ1v) is 10.2. The third-order valence-electron chi connectivity index (χ3n) is 4.62. The van der Waals surface area contributed by atoms with Crippen LogP contribution in [0.2, 0.25) is 0 Å². The molecule has 2 aliphatic rings. The molecule has 0 saturated carbocycles. The minimum absolute atomic E-state index is 0.115. The largest absolute Gasteiger partial charge is 0.381 e. The molecule has 0 amide bonds. The number of hydrogen-bond donors (Lipinski definition) is 0. The highest BCUT2D eigenvalue weighted by Crippen LogP contribution is 2.29. The van der Waals surface area contributed by atoms with Gasteiger partial charge in [-0.05, 0) is 56.8 Å². The Balaban J connectivity index is 1.82. The molecule has 1 atom stereocenters. The second kappa shape index (κ2) is 6.97. The van der Waals surface area contributed by atoms with Gasteiger partial charge >= 0.3 is 0 Å². The van der Waals surface area contributed by atoms with Crippen LogP contribution in [0.25, 0.3) is 0 Å². The maximum absolute atomic E-state index is 13.0. The van der Waals surface area contributed by atoms with Crippen molar-refractivity contribution in [1.29, 1.82) is 0 Å². The lowest BCUT2D eigenvalue weighted by atomic mass is 10.0.